The van der Waals surface area contributed by atoms with E-state index in [-0.39, 0.29) is 12.3 Å². The summed E-state index contributed by atoms with van der Waals surface area (Å²) in [7, 11) is 0. The first-order valence-corrected chi connectivity index (χ1v) is 7.84. The fraction of sp³-hybridized carbons (Fsp3) is 0.263. The quantitative estimate of drug-likeness (QED) is 0.604. The van der Waals surface area contributed by atoms with Crippen LogP contribution < -0.4 is 5.73 Å². The molecule has 0 aliphatic carbocycles. The Kier molecular flexibility index (Phi) is 5.71. The molecule has 0 bridgehead atoms. The monoisotopic (exact) mass is 326 g/mol. The van der Waals surface area contributed by atoms with Crippen molar-refractivity contribution in [1.82, 2.24) is 4.90 Å². The van der Waals surface area contributed by atoms with Crippen molar-refractivity contribution in [2.75, 3.05) is 18.8 Å². The Balaban J connectivity index is 2.25. The molecule has 0 saturated heterocycles. The number of nitrogens with two attached hydrogens (primary N) is 1. The number of carbonyl (C=O) groups excluding carboxylic acids is 1. The van der Waals surface area contributed by atoms with Gasteiger partial charge in [-0.2, -0.15) is 0 Å². The minimum Gasteiger partial charge on any atom is -0.480 e. The molecule has 126 valence electrons. The van der Waals surface area contributed by atoms with Gasteiger partial charge in [0.2, 0.25) is 0 Å². The predicted molar refractivity (Wildman–Crippen MR) is 94.1 cm³/mol. The average Bonchev–Trinajstić information content (AvgIpc) is 2.55. The number of ketones is 1. The second kappa shape index (κ2) is 7.75. The minimum atomic E-state index is -0.887. The van der Waals surface area contributed by atoms with Crippen LogP contribution >= 0.6 is 0 Å². The molecule has 2 aromatic rings. The summed E-state index contributed by atoms with van der Waals surface area (Å²) in [5.74, 6) is -0.958. The maximum Gasteiger partial charge on any atom is 0.317 e. The SMILES string of the molecule is CCN(CC(=O)O)Cc1cc(C(=O)c2ccc(C)cc2)ccc1N. The van der Waals surface area contributed by atoms with E-state index in [0.29, 0.717) is 29.9 Å². The molecule has 0 aliphatic rings. The number of carboxylic acids is 1. The van der Waals surface area contributed by atoms with Crippen LogP contribution in [0.5, 0.6) is 0 Å². The average molecular weight is 326 g/mol. The molecule has 0 radical (unpaired) electrons. The lowest BCUT2D eigenvalue weighted by atomic mass is 9.99. The second-order valence-electron chi connectivity index (χ2n) is 5.81. The highest BCUT2D eigenvalue weighted by Gasteiger charge is 2.14. The van der Waals surface area contributed by atoms with Crippen molar-refractivity contribution in [3.05, 3.63) is 64.7 Å². The van der Waals surface area contributed by atoms with E-state index < -0.39 is 5.97 Å². The first-order chi connectivity index (χ1) is 11.4. The molecule has 5 heteroatoms. The third-order valence-electron chi connectivity index (χ3n) is 3.92. The number of benzene rings is 2. The van der Waals surface area contributed by atoms with Gasteiger partial charge in [0.15, 0.2) is 5.78 Å². The summed E-state index contributed by atoms with van der Waals surface area (Å²) in [6, 6.07) is 12.6. The Morgan fingerprint density at radius 2 is 1.71 bits per heavy atom. The van der Waals surface area contributed by atoms with Crippen molar-refractivity contribution in [1.29, 1.82) is 0 Å². The number of rotatable bonds is 7. The summed E-state index contributed by atoms with van der Waals surface area (Å²) in [6.07, 6.45) is 0. The molecule has 0 aliphatic heterocycles. The topological polar surface area (TPSA) is 83.6 Å². The van der Waals surface area contributed by atoms with Crippen LogP contribution in [0.25, 0.3) is 0 Å². The lowest BCUT2D eigenvalue weighted by Crippen LogP contribution is -2.29. The second-order valence-corrected chi connectivity index (χ2v) is 5.81. The smallest absolute Gasteiger partial charge is 0.317 e. The molecule has 3 N–H and O–H groups in total. The Bertz CT molecular complexity index is 739. The standard InChI is InChI=1S/C19H22N2O3/c1-3-21(12-18(22)23)11-16-10-15(8-9-17(16)20)19(24)14-6-4-13(2)5-7-14/h4-10H,3,11-12,20H2,1-2H3,(H,22,23). The van der Waals surface area contributed by atoms with Gasteiger partial charge in [0, 0.05) is 23.4 Å². The Morgan fingerprint density at radius 3 is 2.29 bits per heavy atom. The fourth-order valence-electron chi connectivity index (χ4n) is 2.47. The number of likely N-dealkylation sites (N-methyl/N-ethyl adjacent to an activating group) is 1. The number of anilines is 1. The molecular weight excluding hydrogens is 304 g/mol. The highest BCUT2D eigenvalue weighted by atomic mass is 16.4. The van der Waals surface area contributed by atoms with Gasteiger partial charge in [-0.1, -0.05) is 36.8 Å². The van der Waals surface area contributed by atoms with Crippen molar-refractivity contribution in [3.8, 4) is 0 Å². The van der Waals surface area contributed by atoms with Gasteiger partial charge in [-0.15, -0.1) is 0 Å². The van der Waals surface area contributed by atoms with Crippen LogP contribution in [0.15, 0.2) is 42.5 Å². The number of aryl methyl sites for hydroxylation is 1. The third-order valence-corrected chi connectivity index (χ3v) is 3.92. The van der Waals surface area contributed by atoms with Gasteiger partial charge >= 0.3 is 5.97 Å². The third kappa shape index (κ3) is 4.43. The summed E-state index contributed by atoms with van der Waals surface area (Å²) in [5.41, 5.74) is 9.58. The van der Waals surface area contributed by atoms with Gasteiger partial charge in [0.05, 0.1) is 6.54 Å². The highest BCUT2D eigenvalue weighted by Crippen LogP contribution is 2.19. The molecule has 0 fully saturated rings. The zero-order valence-corrected chi connectivity index (χ0v) is 14.0. The van der Waals surface area contributed by atoms with Crippen molar-refractivity contribution in [2.24, 2.45) is 0 Å². The van der Waals surface area contributed by atoms with E-state index in [2.05, 4.69) is 0 Å². The number of hydrogen-bond donors (Lipinski definition) is 2. The molecule has 2 rings (SSSR count). The zero-order valence-electron chi connectivity index (χ0n) is 14.0. The maximum atomic E-state index is 12.6. The molecule has 0 heterocycles. The lowest BCUT2D eigenvalue weighted by Gasteiger charge is -2.19. The van der Waals surface area contributed by atoms with Gasteiger partial charge < -0.3 is 10.8 Å². The molecule has 0 amide bonds. The van der Waals surface area contributed by atoms with E-state index in [4.69, 9.17) is 10.8 Å². The molecule has 5 nitrogen and oxygen atoms in total. The Labute approximate surface area is 141 Å². The molecule has 0 atom stereocenters. The van der Waals surface area contributed by atoms with E-state index in [1.165, 1.54) is 0 Å². The van der Waals surface area contributed by atoms with Crippen molar-refractivity contribution >= 4 is 17.4 Å². The van der Waals surface area contributed by atoms with E-state index >= 15 is 0 Å². The molecule has 0 spiro atoms. The number of hydrogen-bond acceptors (Lipinski definition) is 4. The molecule has 0 saturated carbocycles. The number of nitrogens with zero attached hydrogens (tertiary/aromatic N) is 1. The largest absolute Gasteiger partial charge is 0.480 e. The van der Waals surface area contributed by atoms with E-state index in [1.807, 2.05) is 26.0 Å². The van der Waals surface area contributed by atoms with Gasteiger partial charge in [-0.05, 0) is 37.2 Å². The molecule has 0 aromatic heterocycles. The first kappa shape index (κ1) is 17.7. The minimum absolute atomic E-state index is 0.0634. The van der Waals surface area contributed by atoms with Crippen LogP contribution in [0.2, 0.25) is 0 Å². The van der Waals surface area contributed by atoms with Crippen LogP contribution in [0, 0.1) is 6.92 Å². The summed E-state index contributed by atoms with van der Waals surface area (Å²) in [5, 5.41) is 8.95. The van der Waals surface area contributed by atoms with Crippen LogP contribution in [0.1, 0.15) is 34.0 Å². The number of nitrogen functional groups attached to an aromatic ring is 1. The van der Waals surface area contributed by atoms with Crippen molar-refractivity contribution in [2.45, 2.75) is 20.4 Å². The highest BCUT2D eigenvalue weighted by molar-refractivity contribution is 6.09. The predicted octanol–water partition coefficient (Wildman–Crippen LogP) is 2.71. The number of carbonyl (C=O) groups is 2. The summed E-state index contributed by atoms with van der Waals surface area (Å²) >= 11 is 0. The van der Waals surface area contributed by atoms with E-state index in [9.17, 15) is 9.59 Å². The molecule has 24 heavy (non-hydrogen) atoms. The Hall–Kier alpha value is -2.66. The van der Waals surface area contributed by atoms with Gasteiger partial charge in [-0.25, -0.2) is 0 Å². The molecule has 2 aromatic carbocycles. The summed E-state index contributed by atoms with van der Waals surface area (Å²) in [6.45, 7) is 4.77. The van der Waals surface area contributed by atoms with Crippen LogP contribution in [0.3, 0.4) is 0 Å². The molecule has 0 unspecified atom stereocenters. The number of carboxylic acid groups (broad SMARTS) is 1. The Morgan fingerprint density at radius 1 is 1.08 bits per heavy atom. The maximum absolute atomic E-state index is 12.6. The van der Waals surface area contributed by atoms with Crippen molar-refractivity contribution < 1.29 is 14.7 Å². The van der Waals surface area contributed by atoms with E-state index in [1.54, 1.807) is 35.2 Å². The zero-order chi connectivity index (χ0) is 17.7. The fourth-order valence-corrected chi connectivity index (χ4v) is 2.47. The van der Waals surface area contributed by atoms with Crippen LogP contribution in [0.4, 0.5) is 5.69 Å². The van der Waals surface area contributed by atoms with Gasteiger partial charge in [0.1, 0.15) is 0 Å². The van der Waals surface area contributed by atoms with Crippen LogP contribution in [-0.4, -0.2) is 34.8 Å². The van der Waals surface area contributed by atoms with Gasteiger partial charge in [0.25, 0.3) is 0 Å². The number of aliphatic carboxylic acids is 1. The summed E-state index contributed by atoms with van der Waals surface area (Å²) in [4.78, 5) is 25.3. The normalized spacial score (nSPS) is 10.8. The van der Waals surface area contributed by atoms with E-state index in [0.717, 1.165) is 11.1 Å². The van der Waals surface area contributed by atoms with Gasteiger partial charge in [-0.3, -0.25) is 14.5 Å². The first-order valence-electron chi connectivity index (χ1n) is 7.84. The van der Waals surface area contributed by atoms with Crippen molar-refractivity contribution in [3.63, 3.8) is 0 Å². The van der Waals surface area contributed by atoms with Crippen LogP contribution in [-0.2, 0) is 11.3 Å². The lowest BCUT2D eigenvalue weighted by molar-refractivity contribution is -0.138. The summed E-state index contributed by atoms with van der Waals surface area (Å²) < 4.78 is 0. The molecular formula is C19H22N2O3.